The zero-order chi connectivity index (χ0) is 16.1. The second-order valence-corrected chi connectivity index (χ2v) is 6.93. The van der Waals surface area contributed by atoms with Gasteiger partial charge in [0.15, 0.2) is 0 Å². The summed E-state index contributed by atoms with van der Waals surface area (Å²) < 4.78 is 5.45. The molecule has 3 nitrogen and oxygen atoms in total. The van der Waals surface area contributed by atoms with Crippen molar-refractivity contribution in [1.82, 2.24) is 4.90 Å². The molecule has 0 saturated carbocycles. The van der Waals surface area contributed by atoms with Crippen LogP contribution in [0.4, 0.5) is 5.69 Å². The topological polar surface area (TPSA) is 24.5 Å². The van der Waals surface area contributed by atoms with Gasteiger partial charge in [0.1, 0.15) is 4.99 Å². The van der Waals surface area contributed by atoms with Crippen LogP contribution < -0.4 is 5.32 Å². The minimum absolute atomic E-state index is 0.683. The summed E-state index contributed by atoms with van der Waals surface area (Å²) in [5, 5.41) is 6.04. The lowest BCUT2D eigenvalue weighted by Crippen LogP contribution is -2.35. The highest BCUT2D eigenvalue weighted by Gasteiger charge is 2.16. The standard InChI is InChI=1S/C17H17ClN2OS2/c18-13-3-5-14(6-4-13)19-17(22)12-15(16-2-1-11-23-16)20-7-9-21-10-8-20/h1-6,11-12H,7-10H2,(H,19,22). The van der Waals surface area contributed by atoms with Gasteiger partial charge in [-0.2, -0.15) is 0 Å². The molecule has 0 atom stereocenters. The third-order valence-corrected chi connectivity index (χ3v) is 4.87. The maximum atomic E-state index is 5.91. The maximum absolute atomic E-state index is 5.91. The van der Waals surface area contributed by atoms with Crippen molar-refractivity contribution in [3.05, 3.63) is 57.8 Å². The first-order valence-electron chi connectivity index (χ1n) is 7.37. The van der Waals surface area contributed by atoms with Crippen molar-refractivity contribution < 1.29 is 4.74 Å². The van der Waals surface area contributed by atoms with Gasteiger partial charge in [-0.05, 0) is 41.8 Å². The Labute approximate surface area is 150 Å². The molecule has 2 heterocycles. The first kappa shape index (κ1) is 16.5. The molecule has 120 valence electrons. The lowest BCUT2D eigenvalue weighted by Gasteiger charge is -2.30. The van der Waals surface area contributed by atoms with E-state index in [0.717, 1.165) is 37.7 Å². The largest absolute Gasteiger partial charge is 0.378 e. The highest BCUT2D eigenvalue weighted by atomic mass is 35.5. The molecule has 0 radical (unpaired) electrons. The predicted octanol–water partition coefficient (Wildman–Crippen LogP) is 4.51. The van der Waals surface area contributed by atoms with E-state index in [2.05, 4.69) is 27.7 Å². The smallest absolute Gasteiger partial charge is 0.105 e. The lowest BCUT2D eigenvalue weighted by molar-refractivity contribution is 0.0641. The third kappa shape index (κ3) is 4.54. The van der Waals surface area contributed by atoms with Gasteiger partial charge in [0.25, 0.3) is 0 Å². The molecule has 0 unspecified atom stereocenters. The summed E-state index contributed by atoms with van der Waals surface area (Å²) in [6.07, 6.45) is 2.03. The second-order valence-electron chi connectivity index (χ2n) is 5.10. The SMILES string of the molecule is S=C(C=C(c1cccs1)N1CCOCC1)Nc1ccc(Cl)cc1. The normalized spacial score (nSPS) is 15.5. The lowest BCUT2D eigenvalue weighted by atomic mass is 10.2. The van der Waals surface area contributed by atoms with Crippen LogP contribution in [0, 0.1) is 0 Å². The van der Waals surface area contributed by atoms with Crippen LogP contribution in [0.15, 0.2) is 47.9 Å². The number of hydrogen-bond donors (Lipinski definition) is 1. The summed E-state index contributed by atoms with van der Waals surface area (Å²) in [7, 11) is 0. The molecular formula is C17H17ClN2OS2. The van der Waals surface area contributed by atoms with Crippen molar-refractivity contribution in [1.29, 1.82) is 0 Å². The second kappa shape index (κ2) is 7.93. The number of thiophene rings is 1. The molecule has 1 fully saturated rings. The van der Waals surface area contributed by atoms with Crippen molar-refractivity contribution in [2.24, 2.45) is 0 Å². The van der Waals surface area contributed by atoms with E-state index >= 15 is 0 Å². The van der Waals surface area contributed by atoms with Gasteiger partial charge in [0.05, 0.1) is 23.8 Å². The van der Waals surface area contributed by atoms with Crippen molar-refractivity contribution in [3.8, 4) is 0 Å². The molecule has 2 aromatic rings. The van der Waals surface area contributed by atoms with E-state index in [1.807, 2.05) is 30.3 Å². The van der Waals surface area contributed by atoms with Crippen LogP contribution in [0.5, 0.6) is 0 Å². The Kier molecular flexibility index (Phi) is 5.67. The number of rotatable bonds is 4. The summed E-state index contributed by atoms with van der Waals surface area (Å²) in [4.78, 5) is 4.22. The zero-order valence-electron chi connectivity index (χ0n) is 12.5. The van der Waals surface area contributed by atoms with Gasteiger partial charge < -0.3 is 15.0 Å². The summed E-state index contributed by atoms with van der Waals surface area (Å²) in [6.45, 7) is 3.26. The molecule has 23 heavy (non-hydrogen) atoms. The van der Waals surface area contributed by atoms with Crippen LogP contribution >= 0.6 is 35.2 Å². The number of ether oxygens (including phenoxy) is 1. The van der Waals surface area contributed by atoms with Gasteiger partial charge in [-0.25, -0.2) is 0 Å². The summed E-state index contributed by atoms with van der Waals surface area (Å²) >= 11 is 13.1. The molecule has 3 rings (SSSR count). The highest BCUT2D eigenvalue weighted by molar-refractivity contribution is 7.81. The van der Waals surface area contributed by atoms with E-state index in [9.17, 15) is 0 Å². The van der Waals surface area contributed by atoms with Crippen molar-refractivity contribution in [2.75, 3.05) is 31.6 Å². The van der Waals surface area contributed by atoms with E-state index in [4.69, 9.17) is 28.6 Å². The van der Waals surface area contributed by atoms with Gasteiger partial charge >= 0.3 is 0 Å². The number of nitrogens with one attached hydrogen (secondary N) is 1. The first-order chi connectivity index (χ1) is 11.2. The van der Waals surface area contributed by atoms with Crippen LogP contribution in [0.2, 0.25) is 5.02 Å². The fourth-order valence-electron chi connectivity index (χ4n) is 2.38. The van der Waals surface area contributed by atoms with Gasteiger partial charge in [0, 0.05) is 23.8 Å². The fraction of sp³-hybridized carbons (Fsp3) is 0.235. The minimum atomic E-state index is 0.683. The Morgan fingerprint density at radius 2 is 1.96 bits per heavy atom. The number of halogens is 1. The molecule has 1 aliphatic heterocycles. The van der Waals surface area contributed by atoms with Crippen LogP contribution in [-0.4, -0.2) is 36.2 Å². The Morgan fingerprint density at radius 3 is 2.61 bits per heavy atom. The van der Waals surface area contributed by atoms with Crippen LogP contribution in [0.1, 0.15) is 4.88 Å². The van der Waals surface area contributed by atoms with Crippen molar-refractivity contribution in [3.63, 3.8) is 0 Å². The molecule has 1 aliphatic rings. The fourth-order valence-corrected chi connectivity index (χ4v) is 3.51. The summed E-state index contributed by atoms with van der Waals surface area (Å²) in [6, 6.07) is 11.7. The van der Waals surface area contributed by atoms with Crippen molar-refractivity contribution in [2.45, 2.75) is 0 Å². The van der Waals surface area contributed by atoms with Gasteiger partial charge in [-0.15, -0.1) is 11.3 Å². The number of hydrogen-bond acceptors (Lipinski definition) is 4. The van der Waals surface area contributed by atoms with E-state index in [-0.39, 0.29) is 0 Å². The molecule has 1 aromatic heterocycles. The van der Waals surface area contributed by atoms with E-state index in [1.54, 1.807) is 11.3 Å². The molecule has 0 amide bonds. The van der Waals surface area contributed by atoms with Crippen molar-refractivity contribution >= 4 is 51.5 Å². The summed E-state index contributed by atoms with van der Waals surface area (Å²) in [5.41, 5.74) is 2.08. The van der Waals surface area contributed by atoms with Gasteiger partial charge in [-0.1, -0.05) is 29.9 Å². The average Bonchev–Trinajstić information content (AvgIpc) is 3.10. The quantitative estimate of drug-likeness (QED) is 0.637. The van der Waals surface area contributed by atoms with Gasteiger partial charge in [-0.3, -0.25) is 0 Å². The maximum Gasteiger partial charge on any atom is 0.105 e. The monoisotopic (exact) mass is 364 g/mol. The Bertz CT molecular complexity index is 677. The van der Waals surface area contributed by atoms with E-state index in [1.165, 1.54) is 4.88 Å². The van der Waals surface area contributed by atoms with Crippen LogP contribution in [0.3, 0.4) is 0 Å². The number of thiocarbonyl (C=S) groups is 1. The molecule has 0 bridgehead atoms. The Balaban J connectivity index is 1.79. The number of nitrogens with zero attached hydrogens (tertiary/aromatic N) is 1. The highest BCUT2D eigenvalue weighted by Crippen LogP contribution is 2.25. The molecule has 1 N–H and O–H groups in total. The van der Waals surface area contributed by atoms with E-state index < -0.39 is 0 Å². The Hall–Kier alpha value is -1.40. The van der Waals surface area contributed by atoms with Crippen LogP contribution in [-0.2, 0) is 4.74 Å². The molecular weight excluding hydrogens is 348 g/mol. The van der Waals surface area contributed by atoms with Gasteiger partial charge in [0.2, 0.25) is 0 Å². The number of benzene rings is 1. The minimum Gasteiger partial charge on any atom is -0.378 e. The van der Waals surface area contributed by atoms with Crippen LogP contribution in [0.25, 0.3) is 5.70 Å². The number of anilines is 1. The molecule has 0 aliphatic carbocycles. The van der Waals surface area contributed by atoms with E-state index in [0.29, 0.717) is 10.0 Å². The Morgan fingerprint density at radius 1 is 1.22 bits per heavy atom. The summed E-state index contributed by atoms with van der Waals surface area (Å²) in [5.74, 6) is 0. The molecule has 1 saturated heterocycles. The average molecular weight is 365 g/mol. The third-order valence-electron chi connectivity index (χ3n) is 3.50. The molecule has 0 spiro atoms. The predicted molar refractivity (Wildman–Crippen MR) is 102 cm³/mol. The molecule has 1 aromatic carbocycles. The molecule has 6 heteroatoms. The first-order valence-corrected chi connectivity index (χ1v) is 9.04. The number of morpholine rings is 1. The zero-order valence-corrected chi connectivity index (χ0v) is 14.9.